The number of carbonyl (C=O) groups excluding carboxylic acids is 1. The number of alkyl halides is 3. The van der Waals surface area contributed by atoms with Crippen LogP contribution in [0.4, 0.5) is 4.79 Å². The van der Waals surface area contributed by atoms with Crippen molar-refractivity contribution in [2.24, 2.45) is 5.41 Å². The van der Waals surface area contributed by atoms with Crippen LogP contribution >= 0.6 is 58.4 Å². The third-order valence-corrected chi connectivity index (χ3v) is 5.11. The summed E-state index contributed by atoms with van der Waals surface area (Å²) in [6.07, 6.45) is 0.558. The van der Waals surface area contributed by atoms with Crippen LogP contribution in [0, 0.1) is 5.41 Å². The molecule has 2 rings (SSSR count). The van der Waals surface area contributed by atoms with Gasteiger partial charge in [-0.1, -0.05) is 67.2 Å². The van der Waals surface area contributed by atoms with Crippen molar-refractivity contribution in [3.05, 3.63) is 41.9 Å². The van der Waals surface area contributed by atoms with Crippen molar-refractivity contribution in [3.63, 3.8) is 0 Å². The van der Waals surface area contributed by atoms with Crippen LogP contribution in [0.5, 0.6) is 5.75 Å². The topological polar surface area (TPSA) is 69.5 Å². The third-order valence-electron chi connectivity index (χ3n) is 3.61. The van der Waals surface area contributed by atoms with Crippen LogP contribution in [0.2, 0.25) is 5.02 Å². The van der Waals surface area contributed by atoms with Crippen molar-refractivity contribution in [2.75, 3.05) is 7.05 Å². The lowest BCUT2D eigenvalue weighted by Gasteiger charge is -2.36. The van der Waals surface area contributed by atoms with Crippen LogP contribution in [0.15, 0.2) is 36.9 Å². The van der Waals surface area contributed by atoms with Crippen molar-refractivity contribution >= 4 is 64.4 Å². The lowest BCUT2D eigenvalue weighted by atomic mass is 9.87. The van der Waals surface area contributed by atoms with E-state index in [9.17, 15) is 4.79 Å². The van der Waals surface area contributed by atoms with Crippen LogP contribution in [-0.2, 0) is 4.74 Å². The van der Waals surface area contributed by atoms with Crippen molar-refractivity contribution in [1.29, 1.82) is 0 Å². The minimum Gasteiger partial charge on any atom is -0.465 e. The minimum atomic E-state index is -1.71. The molecule has 0 spiro atoms. The van der Waals surface area contributed by atoms with Crippen LogP contribution in [0.25, 0.3) is 0 Å². The number of benzene rings is 1. The molecule has 1 aromatic carbocycles. The molecule has 7 nitrogen and oxygen atoms in total. The highest BCUT2D eigenvalue weighted by Crippen LogP contribution is 2.41. The highest BCUT2D eigenvalue weighted by molar-refractivity contribution is 8.03. The van der Waals surface area contributed by atoms with E-state index in [1.54, 1.807) is 24.3 Å². The summed E-state index contributed by atoms with van der Waals surface area (Å²) in [4.78, 5) is 16.6. The monoisotopic (exact) mass is 500 g/mol. The quantitative estimate of drug-likeness (QED) is 0.358. The first-order valence-electron chi connectivity index (χ1n) is 8.33. The first kappa shape index (κ1) is 24.2. The molecule has 0 saturated carbocycles. The average molecular weight is 502 g/mol. The number of halogens is 4. The van der Waals surface area contributed by atoms with Gasteiger partial charge in [0, 0.05) is 29.4 Å². The summed E-state index contributed by atoms with van der Waals surface area (Å²) in [5.41, 5.74) is -0.538. The van der Waals surface area contributed by atoms with E-state index in [-0.39, 0.29) is 0 Å². The second-order valence-electron chi connectivity index (χ2n) is 7.04. The highest BCUT2D eigenvalue weighted by Gasteiger charge is 2.40. The number of rotatable bonds is 6. The zero-order chi connectivity index (χ0) is 21.8. The summed E-state index contributed by atoms with van der Waals surface area (Å²) >= 11 is 23.9. The van der Waals surface area contributed by atoms with Gasteiger partial charge in [0.05, 0.1) is 0 Å². The van der Waals surface area contributed by atoms with Gasteiger partial charge in [-0.15, -0.1) is 0 Å². The number of amides is 1. The molecule has 2 aromatic rings. The van der Waals surface area contributed by atoms with E-state index >= 15 is 0 Å². The van der Waals surface area contributed by atoms with Gasteiger partial charge in [-0.05, 0) is 24.3 Å². The summed E-state index contributed by atoms with van der Waals surface area (Å²) in [6.45, 7) is 5.71. The first-order valence-corrected chi connectivity index (χ1v) is 10.6. The molecule has 1 amide bonds. The molecule has 2 unspecified atom stereocenters. The van der Waals surface area contributed by atoms with Gasteiger partial charge in [0.25, 0.3) is 3.12 Å². The molecule has 0 fully saturated rings. The van der Waals surface area contributed by atoms with Gasteiger partial charge in [0.2, 0.25) is 6.23 Å². The SMILES string of the molecule is CN(SC(Cl)(Cl)Cl)C(=O)OC(C(Oc1ccc(Cl)cc1)n1cncn1)C(C)(C)C. The second kappa shape index (κ2) is 9.83. The van der Waals surface area contributed by atoms with Gasteiger partial charge in [0.1, 0.15) is 18.4 Å². The first-order chi connectivity index (χ1) is 13.4. The third kappa shape index (κ3) is 7.61. The van der Waals surface area contributed by atoms with Crippen LogP contribution in [-0.4, -0.2) is 41.4 Å². The highest BCUT2D eigenvalue weighted by atomic mass is 35.6. The van der Waals surface area contributed by atoms with Gasteiger partial charge < -0.3 is 9.47 Å². The fourth-order valence-electron chi connectivity index (χ4n) is 2.29. The molecule has 0 aliphatic heterocycles. The largest absolute Gasteiger partial charge is 0.465 e. The van der Waals surface area contributed by atoms with Gasteiger partial charge in [-0.3, -0.25) is 4.31 Å². The van der Waals surface area contributed by atoms with Crippen molar-refractivity contribution in [2.45, 2.75) is 36.2 Å². The Morgan fingerprint density at radius 2 is 1.83 bits per heavy atom. The standard InChI is InChI=1S/C17H20Cl4N4O3S/c1-16(2,3)13(28-15(26)24(4)29-17(19,20)21)14(25-10-22-9-23-25)27-12-7-5-11(18)6-8-12/h5-10,13-14H,1-4H3. The van der Waals surface area contributed by atoms with E-state index in [0.717, 1.165) is 4.31 Å². The molecule has 1 aromatic heterocycles. The Balaban J connectivity index is 2.31. The number of nitrogens with zero attached hydrogens (tertiary/aromatic N) is 4. The molecule has 12 heteroatoms. The maximum atomic E-state index is 12.6. The maximum absolute atomic E-state index is 12.6. The smallest absolute Gasteiger partial charge is 0.420 e. The molecule has 1 heterocycles. The van der Waals surface area contributed by atoms with E-state index in [0.29, 0.717) is 22.7 Å². The van der Waals surface area contributed by atoms with E-state index in [2.05, 4.69) is 10.1 Å². The number of ether oxygens (including phenoxy) is 2. The molecular formula is C17H20Cl4N4O3S. The Kier molecular flexibility index (Phi) is 8.21. The lowest BCUT2D eigenvalue weighted by molar-refractivity contribution is -0.0824. The molecule has 0 N–H and O–H groups in total. The van der Waals surface area contributed by atoms with Gasteiger partial charge in [-0.2, -0.15) is 5.10 Å². The molecule has 29 heavy (non-hydrogen) atoms. The van der Waals surface area contributed by atoms with Crippen LogP contribution in [0.3, 0.4) is 0 Å². The zero-order valence-electron chi connectivity index (χ0n) is 16.1. The minimum absolute atomic E-state index is 0.518. The summed E-state index contributed by atoms with van der Waals surface area (Å²) in [7, 11) is 1.44. The van der Waals surface area contributed by atoms with Gasteiger partial charge >= 0.3 is 6.09 Å². The predicted octanol–water partition coefficient (Wildman–Crippen LogP) is 5.97. The van der Waals surface area contributed by atoms with Gasteiger partial charge in [-0.25, -0.2) is 14.5 Å². The molecule has 2 atom stereocenters. The molecule has 0 saturated heterocycles. The van der Waals surface area contributed by atoms with E-state index in [1.165, 1.54) is 24.4 Å². The Hall–Kier alpha value is -1.06. The summed E-state index contributed by atoms with van der Waals surface area (Å²) < 4.78 is 12.7. The van der Waals surface area contributed by atoms with E-state index < -0.39 is 27.0 Å². The van der Waals surface area contributed by atoms with Crippen LogP contribution < -0.4 is 4.74 Å². The average Bonchev–Trinajstić information content (AvgIpc) is 3.11. The fourth-order valence-corrected chi connectivity index (χ4v) is 3.78. The number of carbonyl (C=O) groups is 1. The fraction of sp³-hybridized carbons (Fsp3) is 0.471. The zero-order valence-corrected chi connectivity index (χ0v) is 19.9. The Morgan fingerprint density at radius 3 is 2.31 bits per heavy atom. The summed E-state index contributed by atoms with van der Waals surface area (Å²) in [5, 5.41) is 4.73. The van der Waals surface area contributed by atoms with E-state index in [1.807, 2.05) is 20.8 Å². The van der Waals surface area contributed by atoms with Crippen LogP contribution in [0.1, 0.15) is 27.0 Å². The molecule has 0 radical (unpaired) electrons. The van der Waals surface area contributed by atoms with Crippen molar-refractivity contribution in [1.82, 2.24) is 19.1 Å². The van der Waals surface area contributed by atoms with Crippen molar-refractivity contribution < 1.29 is 14.3 Å². The van der Waals surface area contributed by atoms with Gasteiger partial charge in [0.15, 0.2) is 6.10 Å². The summed E-state index contributed by atoms with van der Waals surface area (Å²) in [5.74, 6) is 0.518. The molecule has 0 bridgehead atoms. The maximum Gasteiger partial charge on any atom is 0.420 e. The normalized spacial score (nSPS) is 14.2. The Labute approximate surface area is 193 Å². The van der Waals surface area contributed by atoms with Crippen molar-refractivity contribution in [3.8, 4) is 5.75 Å². The molecule has 160 valence electrons. The number of hydrogen-bond acceptors (Lipinski definition) is 6. The summed E-state index contributed by atoms with van der Waals surface area (Å²) in [6, 6.07) is 6.80. The second-order valence-corrected chi connectivity index (χ2v) is 11.8. The predicted molar refractivity (Wildman–Crippen MR) is 117 cm³/mol. The number of aromatic nitrogens is 3. The molecule has 0 aliphatic carbocycles. The number of hydrogen-bond donors (Lipinski definition) is 0. The Bertz CT molecular complexity index is 794. The van der Waals surface area contributed by atoms with E-state index in [4.69, 9.17) is 55.9 Å². The molecular weight excluding hydrogens is 482 g/mol. The Morgan fingerprint density at radius 1 is 1.21 bits per heavy atom. The molecule has 0 aliphatic rings. The lowest BCUT2D eigenvalue weighted by Crippen LogP contribution is -2.44.